The molecule has 1 aliphatic carbocycles. The van der Waals surface area contributed by atoms with Gasteiger partial charge in [-0.15, -0.1) is 0 Å². The molecule has 174 valence electrons. The van der Waals surface area contributed by atoms with E-state index in [0.29, 0.717) is 23.2 Å². The highest BCUT2D eigenvalue weighted by atomic mass is 19.4. The third-order valence-electron chi connectivity index (χ3n) is 7.82. The zero-order valence-corrected chi connectivity index (χ0v) is 18.1. The Hall–Kier alpha value is -2.88. The topological polar surface area (TPSA) is 88.7 Å². The first-order chi connectivity index (χ1) is 15.8. The van der Waals surface area contributed by atoms with Crippen LogP contribution < -0.4 is 5.73 Å². The second-order valence-corrected chi connectivity index (χ2v) is 9.65. The number of hydrogen-bond acceptors (Lipinski definition) is 5. The van der Waals surface area contributed by atoms with Gasteiger partial charge in [-0.1, -0.05) is 6.42 Å². The molecule has 0 radical (unpaired) electrons. The molecule has 3 aromatic rings. The molecule has 1 saturated heterocycles. The fraction of sp³-hybridized carbons (Fsp3) is 0.522. The number of H-pyrrole nitrogens is 1. The number of nitrogens with one attached hydrogen (secondary N) is 1. The van der Waals surface area contributed by atoms with Crippen LogP contribution in [0.2, 0.25) is 0 Å². The van der Waals surface area contributed by atoms with Crippen molar-refractivity contribution in [3.8, 4) is 11.3 Å². The number of fused-ring (bicyclic) bond motifs is 2. The van der Waals surface area contributed by atoms with Gasteiger partial charge in [0.15, 0.2) is 0 Å². The highest BCUT2D eigenvalue weighted by Gasteiger charge is 2.49. The summed E-state index contributed by atoms with van der Waals surface area (Å²) in [6, 6.07) is 3.30. The largest absolute Gasteiger partial charge is 0.419 e. The lowest BCUT2D eigenvalue weighted by molar-refractivity contribution is -0.137. The number of imidazole rings is 1. The number of hydrogen-bond donors (Lipinski definition) is 2. The van der Waals surface area contributed by atoms with Crippen molar-refractivity contribution in [2.24, 2.45) is 5.92 Å². The Morgan fingerprint density at radius 3 is 2.67 bits per heavy atom. The average molecular weight is 458 g/mol. The minimum Gasteiger partial charge on any atom is -0.383 e. The summed E-state index contributed by atoms with van der Waals surface area (Å²) >= 11 is 0. The van der Waals surface area contributed by atoms with Crippen molar-refractivity contribution in [1.82, 2.24) is 29.6 Å². The van der Waals surface area contributed by atoms with Crippen LogP contribution in [0.4, 0.5) is 19.0 Å². The first kappa shape index (κ1) is 20.7. The Kier molecular flexibility index (Phi) is 4.59. The number of pyridine rings is 1. The van der Waals surface area contributed by atoms with Gasteiger partial charge in [-0.2, -0.15) is 18.3 Å². The van der Waals surface area contributed by atoms with Crippen LogP contribution in [-0.2, 0) is 18.1 Å². The molecule has 0 bridgehead atoms. The summed E-state index contributed by atoms with van der Waals surface area (Å²) in [6.45, 7) is 2.66. The first-order valence-corrected chi connectivity index (χ1v) is 11.5. The van der Waals surface area contributed by atoms with E-state index in [0.717, 1.165) is 50.1 Å². The summed E-state index contributed by atoms with van der Waals surface area (Å²) in [5.74, 6) is 1.15. The zero-order chi connectivity index (χ0) is 22.8. The molecular weight excluding hydrogens is 431 g/mol. The van der Waals surface area contributed by atoms with E-state index < -0.39 is 17.6 Å². The van der Waals surface area contributed by atoms with Crippen molar-refractivity contribution in [2.45, 2.75) is 56.3 Å². The van der Waals surface area contributed by atoms with Crippen molar-refractivity contribution in [3.63, 3.8) is 0 Å². The number of aryl methyl sites for hydroxylation is 1. The minimum absolute atomic E-state index is 0.0338. The van der Waals surface area contributed by atoms with Crippen molar-refractivity contribution < 1.29 is 13.2 Å². The Bertz CT molecular complexity index is 1170. The number of anilines is 1. The van der Waals surface area contributed by atoms with Crippen molar-refractivity contribution in [1.29, 1.82) is 0 Å². The van der Waals surface area contributed by atoms with E-state index in [1.165, 1.54) is 25.5 Å². The highest BCUT2D eigenvalue weighted by molar-refractivity contribution is 5.63. The SMILES string of the molecule is Nc1ncc(-c2cc3n(n2)CC[C@@]32CCN(C(c3ncc[nH]3)C3CCC3)C2)cc1C(F)(F)F. The summed E-state index contributed by atoms with van der Waals surface area (Å²) in [5, 5.41) is 4.65. The lowest BCUT2D eigenvalue weighted by Gasteiger charge is -2.39. The van der Waals surface area contributed by atoms with Crippen LogP contribution >= 0.6 is 0 Å². The molecule has 0 aromatic carbocycles. The van der Waals surface area contributed by atoms with E-state index in [4.69, 9.17) is 5.73 Å². The molecule has 2 atom stereocenters. The van der Waals surface area contributed by atoms with Crippen LogP contribution in [0.15, 0.2) is 30.7 Å². The minimum atomic E-state index is -4.55. The monoisotopic (exact) mass is 457 g/mol. The van der Waals surface area contributed by atoms with Gasteiger partial charge >= 0.3 is 6.18 Å². The van der Waals surface area contributed by atoms with Crippen molar-refractivity contribution in [2.75, 3.05) is 18.8 Å². The van der Waals surface area contributed by atoms with Gasteiger partial charge in [0, 0.05) is 48.4 Å². The summed E-state index contributed by atoms with van der Waals surface area (Å²) in [4.78, 5) is 14.2. The molecule has 0 amide bonds. The molecular formula is C23H26F3N7. The molecule has 2 fully saturated rings. The van der Waals surface area contributed by atoms with Gasteiger partial charge in [-0.25, -0.2) is 9.97 Å². The Balaban J connectivity index is 1.30. The summed E-state index contributed by atoms with van der Waals surface area (Å²) < 4.78 is 41.9. The van der Waals surface area contributed by atoms with E-state index in [-0.39, 0.29) is 5.41 Å². The number of rotatable bonds is 4. The van der Waals surface area contributed by atoms with Gasteiger partial charge in [0.1, 0.15) is 11.6 Å². The fourth-order valence-electron chi connectivity index (χ4n) is 5.89. The van der Waals surface area contributed by atoms with E-state index in [1.807, 2.05) is 23.1 Å². The van der Waals surface area contributed by atoms with Gasteiger partial charge < -0.3 is 10.7 Å². The molecule has 3 aromatic heterocycles. The quantitative estimate of drug-likeness (QED) is 0.614. The van der Waals surface area contributed by atoms with E-state index in [9.17, 15) is 13.2 Å². The zero-order valence-electron chi connectivity index (χ0n) is 18.1. The summed E-state index contributed by atoms with van der Waals surface area (Å²) in [6.07, 6.45) is 6.26. The van der Waals surface area contributed by atoms with Crippen LogP contribution in [0.5, 0.6) is 0 Å². The number of halogens is 3. The molecule has 10 heteroatoms. The maximum Gasteiger partial charge on any atom is 0.419 e. The predicted molar refractivity (Wildman–Crippen MR) is 116 cm³/mol. The molecule has 1 saturated carbocycles. The summed E-state index contributed by atoms with van der Waals surface area (Å²) in [7, 11) is 0. The van der Waals surface area contributed by atoms with Crippen LogP contribution in [0, 0.1) is 5.92 Å². The predicted octanol–water partition coefficient (Wildman–Crippen LogP) is 4.16. The maximum absolute atomic E-state index is 13.3. The first-order valence-electron chi connectivity index (χ1n) is 11.5. The second-order valence-electron chi connectivity index (χ2n) is 9.65. The van der Waals surface area contributed by atoms with Gasteiger partial charge in [-0.3, -0.25) is 9.58 Å². The lowest BCUT2D eigenvalue weighted by Crippen LogP contribution is -2.38. The van der Waals surface area contributed by atoms with Crippen LogP contribution in [-0.4, -0.2) is 42.7 Å². The number of likely N-dealkylation sites (tertiary alicyclic amines) is 1. The Labute approximate surface area is 189 Å². The van der Waals surface area contributed by atoms with Crippen LogP contribution in [0.1, 0.15) is 55.2 Å². The van der Waals surface area contributed by atoms with Gasteiger partial charge in [0.2, 0.25) is 0 Å². The molecule has 1 unspecified atom stereocenters. The standard InChI is InChI=1S/C23H26F3N7/c24-23(25,26)16-10-15(12-30-20(16)27)17-11-18-22(5-9-33(18)31-17)4-8-32(13-22)19(14-2-1-3-14)21-28-6-7-29-21/h6-7,10-12,14,19H,1-5,8-9,13H2,(H2,27,30)(H,28,29)/t19?,22-/m1/s1. The highest BCUT2D eigenvalue weighted by Crippen LogP contribution is 2.49. The molecule has 2 aliphatic heterocycles. The van der Waals surface area contributed by atoms with Gasteiger partial charge in [0.25, 0.3) is 0 Å². The normalized spacial score (nSPS) is 24.3. The van der Waals surface area contributed by atoms with Crippen LogP contribution in [0.25, 0.3) is 11.3 Å². The van der Waals surface area contributed by atoms with E-state index in [1.54, 1.807) is 0 Å². The van der Waals surface area contributed by atoms with Crippen LogP contribution in [0.3, 0.4) is 0 Å². The van der Waals surface area contributed by atoms with Gasteiger partial charge in [0.05, 0.1) is 17.3 Å². The molecule has 7 nitrogen and oxygen atoms in total. The number of alkyl halides is 3. The molecule has 6 rings (SSSR count). The number of aromatic nitrogens is 5. The third kappa shape index (κ3) is 3.34. The average Bonchev–Trinajstić information content (AvgIpc) is 3.52. The number of nitrogens with two attached hydrogens (primary N) is 1. The molecule has 5 heterocycles. The number of aromatic amines is 1. The molecule has 33 heavy (non-hydrogen) atoms. The molecule has 1 spiro atoms. The molecule has 3 aliphatic rings. The number of nitrogen functional groups attached to an aromatic ring is 1. The summed E-state index contributed by atoms with van der Waals surface area (Å²) in [5.41, 5.74) is 6.48. The van der Waals surface area contributed by atoms with Crippen molar-refractivity contribution in [3.05, 3.63) is 47.8 Å². The lowest BCUT2D eigenvalue weighted by atomic mass is 9.78. The second kappa shape index (κ2) is 7.31. The van der Waals surface area contributed by atoms with Crippen molar-refractivity contribution >= 4 is 5.82 Å². The maximum atomic E-state index is 13.3. The Morgan fingerprint density at radius 2 is 1.97 bits per heavy atom. The Morgan fingerprint density at radius 1 is 1.15 bits per heavy atom. The smallest absolute Gasteiger partial charge is 0.383 e. The third-order valence-corrected chi connectivity index (χ3v) is 7.82. The molecule has 3 N–H and O–H groups in total. The van der Waals surface area contributed by atoms with E-state index in [2.05, 4.69) is 25.0 Å². The van der Waals surface area contributed by atoms with Gasteiger partial charge in [-0.05, 0) is 50.3 Å². The number of nitrogens with zero attached hydrogens (tertiary/aromatic N) is 5. The fourth-order valence-corrected chi connectivity index (χ4v) is 5.89. The van der Waals surface area contributed by atoms with E-state index >= 15 is 0 Å².